The zero-order valence-corrected chi connectivity index (χ0v) is 12.6. The van der Waals surface area contributed by atoms with E-state index in [2.05, 4.69) is 18.7 Å². The highest BCUT2D eigenvalue weighted by Crippen LogP contribution is 2.39. The van der Waals surface area contributed by atoms with Crippen LogP contribution < -0.4 is 0 Å². The van der Waals surface area contributed by atoms with E-state index < -0.39 is 0 Å². The Morgan fingerprint density at radius 1 is 1.11 bits per heavy atom. The Morgan fingerprint density at radius 2 is 1.89 bits per heavy atom. The van der Waals surface area contributed by atoms with Gasteiger partial charge in [0.1, 0.15) is 0 Å². The van der Waals surface area contributed by atoms with Crippen LogP contribution >= 0.6 is 0 Å². The molecule has 0 aromatic rings. The Labute approximate surface area is 118 Å². The van der Waals surface area contributed by atoms with Crippen molar-refractivity contribution in [1.82, 2.24) is 4.90 Å². The minimum Gasteiger partial charge on any atom is -0.395 e. The maximum Gasteiger partial charge on any atom is 0.0631 e. The summed E-state index contributed by atoms with van der Waals surface area (Å²) in [5.41, 5.74) is 0.0590. The van der Waals surface area contributed by atoms with E-state index in [0.29, 0.717) is 12.0 Å². The molecular formula is C16H31NO2. The molecule has 112 valence electrons. The van der Waals surface area contributed by atoms with Crippen LogP contribution in [0.1, 0.15) is 58.8 Å². The monoisotopic (exact) mass is 269 g/mol. The van der Waals surface area contributed by atoms with Crippen molar-refractivity contribution in [2.24, 2.45) is 11.3 Å². The third-order valence-electron chi connectivity index (χ3n) is 5.32. The molecule has 0 aromatic carbocycles. The molecular weight excluding hydrogens is 238 g/mol. The van der Waals surface area contributed by atoms with Crippen LogP contribution in [0.5, 0.6) is 0 Å². The Morgan fingerprint density at radius 3 is 2.63 bits per heavy atom. The number of rotatable bonds is 3. The van der Waals surface area contributed by atoms with Crippen LogP contribution in [0.3, 0.4) is 0 Å². The lowest BCUT2D eigenvalue weighted by molar-refractivity contribution is -0.0489. The normalized spacial score (nSPS) is 36.9. The summed E-state index contributed by atoms with van der Waals surface area (Å²) in [6.45, 7) is 6.71. The van der Waals surface area contributed by atoms with Gasteiger partial charge < -0.3 is 10.2 Å². The minimum atomic E-state index is -0.191. The number of hydrogen-bond donors (Lipinski definition) is 2. The Bertz CT molecular complexity index is 280. The largest absolute Gasteiger partial charge is 0.395 e. The summed E-state index contributed by atoms with van der Waals surface area (Å²) >= 11 is 0. The van der Waals surface area contributed by atoms with E-state index in [4.69, 9.17) is 0 Å². The predicted molar refractivity (Wildman–Crippen MR) is 78.0 cm³/mol. The second kappa shape index (κ2) is 6.55. The molecule has 1 aliphatic carbocycles. The zero-order valence-electron chi connectivity index (χ0n) is 12.6. The summed E-state index contributed by atoms with van der Waals surface area (Å²) in [6.07, 6.45) is 8.18. The van der Waals surface area contributed by atoms with Gasteiger partial charge in [-0.25, -0.2) is 0 Å². The highest BCUT2D eigenvalue weighted by atomic mass is 16.3. The fourth-order valence-electron chi connectivity index (χ4n) is 3.94. The molecule has 1 aliphatic heterocycles. The van der Waals surface area contributed by atoms with E-state index in [1.54, 1.807) is 0 Å². The summed E-state index contributed by atoms with van der Waals surface area (Å²) in [6, 6.07) is 0.319. The molecule has 1 heterocycles. The third-order valence-corrected chi connectivity index (χ3v) is 5.32. The molecule has 0 bridgehead atoms. The molecule has 2 N–H and O–H groups in total. The maximum absolute atomic E-state index is 10.6. The van der Waals surface area contributed by atoms with E-state index in [-0.39, 0.29) is 18.1 Å². The maximum atomic E-state index is 10.6. The van der Waals surface area contributed by atoms with Gasteiger partial charge in [0.25, 0.3) is 0 Å². The highest BCUT2D eigenvalue weighted by molar-refractivity contribution is 4.90. The average molecular weight is 269 g/mol. The van der Waals surface area contributed by atoms with Gasteiger partial charge in [0.2, 0.25) is 0 Å². The average Bonchev–Trinajstić information content (AvgIpc) is 2.60. The van der Waals surface area contributed by atoms with Crippen molar-refractivity contribution in [1.29, 1.82) is 0 Å². The fourth-order valence-corrected chi connectivity index (χ4v) is 3.94. The van der Waals surface area contributed by atoms with Gasteiger partial charge in [-0.1, -0.05) is 33.1 Å². The second-order valence-electron chi connectivity index (χ2n) is 7.27. The summed E-state index contributed by atoms with van der Waals surface area (Å²) in [5.74, 6) is 0.385. The summed E-state index contributed by atoms with van der Waals surface area (Å²) in [4.78, 5) is 2.45. The van der Waals surface area contributed by atoms with Gasteiger partial charge in [-0.3, -0.25) is 4.90 Å². The lowest BCUT2D eigenvalue weighted by Crippen LogP contribution is -2.48. The smallest absolute Gasteiger partial charge is 0.0631 e. The molecule has 3 atom stereocenters. The van der Waals surface area contributed by atoms with Crippen molar-refractivity contribution >= 4 is 0 Å². The molecule has 0 spiro atoms. The Kier molecular flexibility index (Phi) is 5.27. The Hall–Kier alpha value is -0.120. The summed E-state index contributed by atoms with van der Waals surface area (Å²) in [5, 5.41) is 20.1. The minimum absolute atomic E-state index is 0.0590. The van der Waals surface area contributed by atoms with E-state index in [9.17, 15) is 10.2 Å². The Balaban J connectivity index is 1.97. The fraction of sp³-hybridized carbons (Fsp3) is 1.00. The van der Waals surface area contributed by atoms with E-state index in [1.165, 1.54) is 25.7 Å². The molecule has 3 unspecified atom stereocenters. The predicted octanol–water partition coefficient (Wildman–Crippen LogP) is 2.41. The lowest BCUT2D eigenvalue weighted by atomic mass is 9.69. The molecule has 3 heteroatoms. The van der Waals surface area contributed by atoms with E-state index in [1.807, 2.05) is 0 Å². The number of hydrogen-bond acceptors (Lipinski definition) is 3. The van der Waals surface area contributed by atoms with E-state index in [0.717, 1.165) is 32.4 Å². The van der Waals surface area contributed by atoms with Crippen LogP contribution in [0.25, 0.3) is 0 Å². The van der Waals surface area contributed by atoms with Crippen molar-refractivity contribution in [2.75, 3.05) is 19.7 Å². The molecule has 19 heavy (non-hydrogen) atoms. The zero-order chi connectivity index (χ0) is 13.9. The highest BCUT2D eigenvalue weighted by Gasteiger charge is 2.38. The molecule has 1 saturated heterocycles. The molecule has 0 amide bonds. The number of likely N-dealkylation sites (tertiary alicyclic amines) is 1. The van der Waals surface area contributed by atoms with Crippen molar-refractivity contribution in [3.8, 4) is 0 Å². The molecule has 3 nitrogen and oxygen atoms in total. The van der Waals surface area contributed by atoms with Crippen LogP contribution in [0.15, 0.2) is 0 Å². The molecule has 0 radical (unpaired) electrons. The van der Waals surface area contributed by atoms with Crippen molar-refractivity contribution < 1.29 is 10.2 Å². The van der Waals surface area contributed by atoms with Gasteiger partial charge in [-0.15, -0.1) is 0 Å². The summed E-state index contributed by atoms with van der Waals surface area (Å²) < 4.78 is 0. The molecule has 2 rings (SSSR count). The van der Waals surface area contributed by atoms with Crippen LogP contribution in [-0.4, -0.2) is 47.0 Å². The van der Waals surface area contributed by atoms with Gasteiger partial charge in [0.05, 0.1) is 12.7 Å². The molecule has 2 fully saturated rings. The van der Waals surface area contributed by atoms with Crippen LogP contribution in [-0.2, 0) is 0 Å². The van der Waals surface area contributed by atoms with Gasteiger partial charge in [0, 0.05) is 12.6 Å². The first-order chi connectivity index (χ1) is 9.04. The van der Waals surface area contributed by atoms with Crippen molar-refractivity contribution in [3.05, 3.63) is 0 Å². The first-order valence-electron chi connectivity index (χ1n) is 8.07. The van der Waals surface area contributed by atoms with Crippen LogP contribution in [0.4, 0.5) is 0 Å². The second-order valence-corrected chi connectivity index (χ2v) is 7.27. The summed E-state index contributed by atoms with van der Waals surface area (Å²) in [7, 11) is 0. The van der Waals surface area contributed by atoms with Crippen LogP contribution in [0.2, 0.25) is 0 Å². The number of nitrogens with zero attached hydrogens (tertiary/aromatic N) is 1. The quantitative estimate of drug-likeness (QED) is 0.827. The van der Waals surface area contributed by atoms with Gasteiger partial charge >= 0.3 is 0 Å². The molecule has 1 saturated carbocycles. The van der Waals surface area contributed by atoms with Gasteiger partial charge in [-0.05, 0) is 43.6 Å². The SMILES string of the molecule is CC1(C)CCCC(CN2CCCCCC2CO)C1O. The van der Waals surface area contributed by atoms with E-state index >= 15 is 0 Å². The number of aliphatic hydroxyl groups excluding tert-OH is 2. The van der Waals surface area contributed by atoms with Gasteiger partial charge in [-0.2, -0.15) is 0 Å². The first-order valence-corrected chi connectivity index (χ1v) is 8.07. The molecule has 0 aromatic heterocycles. The standard InChI is InChI=1S/C16H31NO2/c1-16(2)9-6-7-13(15(16)19)11-17-10-5-3-4-8-14(17)12-18/h13-15,18-19H,3-12H2,1-2H3. The van der Waals surface area contributed by atoms with Crippen LogP contribution in [0, 0.1) is 11.3 Å². The topological polar surface area (TPSA) is 43.7 Å². The van der Waals surface area contributed by atoms with Gasteiger partial charge in [0.15, 0.2) is 0 Å². The number of aliphatic hydroxyl groups is 2. The molecule has 2 aliphatic rings. The third kappa shape index (κ3) is 3.71. The lowest BCUT2D eigenvalue weighted by Gasteiger charge is -2.43. The van der Waals surface area contributed by atoms with Crippen molar-refractivity contribution in [2.45, 2.75) is 70.9 Å². The first kappa shape index (κ1) is 15.3. The van der Waals surface area contributed by atoms with Crippen molar-refractivity contribution in [3.63, 3.8) is 0 Å².